The molecule has 9 nitrogen and oxygen atoms in total. The number of carbonyl (C=O) groups excluding carboxylic acids is 2. The second kappa shape index (κ2) is 11.3. The zero-order valence-electron chi connectivity index (χ0n) is 19.9. The number of nitrogens with one attached hydrogen (secondary N) is 1. The first-order valence-electron chi connectivity index (χ1n) is 11.9. The zero-order valence-corrected chi connectivity index (χ0v) is 19.9. The van der Waals surface area contributed by atoms with Crippen LogP contribution in [0.5, 0.6) is 5.75 Å². The van der Waals surface area contributed by atoms with E-state index in [0.717, 1.165) is 13.1 Å². The topological polar surface area (TPSA) is 87.2 Å². The molecule has 1 N–H and O–H groups in total. The lowest BCUT2D eigenvalue weighted by atomic mass is 10.2. The van der Waals surface area contributed by atoms with Gasteiger partial charge in [0.1, 0.15) is 24.7 Å². The first kappa shape index (κ1) is 24.0. The van der Waals surface area contributed by atoms with Gasteiger partial charge in [0.15, 0.2) is 0 Å². The van der Waals surface area contributed by atoms with Crippen LogP contribution >= 0.6 is 0 Å². The highest BCUT2D eigenvalue weighted by atomic mass is 16.5. The molecule has 0 saturated carbocycles. The Bertz CT molecular complexity index is 991. The zero-order chi connectivity index (χ0) is 23.9. The van der Waals surface area contributed by atoms with Crippen molar-refractivity contribution in [2.45, 2.75) is 19.9 Å². The summed E-state index contributed by atoms with van der Waals surface area (Å²) in [6.45, 7) is 8.74. The first-order chi connectivity index (χ1) is 16.5. The summed E-state index contributed by atoms with van der Waals surface area (Å²) < 4.78 is 11.6. The predicted octanol–water partition coefficient (Wildman–Crippen LogP) is 2.23. The Morgan fingerprint density at radius 3 is 2.62 bits per heavy atom. The van der Waals surface area contributed by atoms with Gasteiger partial charge in [0.2, 0.25) is 5.91 Å². The third-order valence-corrected chi connectivity index (χ3v) is 6.18. The van der Waals surface area contributed by atoms with Gasteiger partial charge in [0.25, 0.3) is 5.91 Å². The van der Waals surface area contributed by atoms with Crippen molar-refractivity contribution in [3.63, 3.8) is 0 Å². The monoisotopic (exact) mass is 467 g/mol. The van der Waals surface area contributed by atoms with Crippen LogP contribution in [0.1, 0.15) is 24.2 Å². The van der Waals surface area contributed by atoms with Crippen LogP contribution < -0.4 is 10.1 Å². The Labute approximate surface area is 200 Å². The SMILES string of the molecule is CC(C)N1CCN(C(=O)CN2CCOCCOc3ccccc3Nc3ncccc3C2=O)CC1. The molecule has 0 radical (unpaired) electrons. The molecule has 2 aliphatic heterocycles. The van der Waals surface area contributed by atoms with Gasteiger partial charge in [-0.05, 0) is 38.1 Å². The molecular weight excluding hydrogens is 434 g/mol. The molecule has 1 fully saturated rings. The minimum absolute atomic E-state index is 0.00525. The van der Waals surface area contributed by atoms with E-state index in [4.69, 9.17) is 9.47 Å². The van der Waals surface area contributed by atoms with Crippen LogP contribution in [0.3, 0.4) is 0 Å². The van der Waals surface area contributed by atoms with Crippen molar-refractivity contribution >= 4 is 23.3 Å². The van der Waals surface area contributed by atoms with Crippen molar-refractivity contribution in [2.24, 2.45) is 0 Å². The Kier molecular flexibility index (Phi) is 7.97. The van der Waals surface area contributed by atoms with Crippen molar-refractivity contribution in [1.29, 1.82) is 0 Å². The van der Waals surface area contributed by atoms with Crippen molar-refractivity contribution in [3.05, 3.63) is 48.2 Å². The first-order valence-corrected chi connectivity index (χ1v) is 11.9. The molecule has 0 unspecified atom stereocenters. The van der Waals surface area contributed by atoms with Crippen molar-refractivity contribution < 1.29 is 19.1 Å². The highest BCUT2D eigenvalue weighted by Gasteiger charge is 2.27. The summed E-state index contributed by atoms with van der Waals surface area (Å²) in [4.78, 5) is 36.9. The number of benzene rings is 1. The fourth-order valence-corrected chi connectivity index (χ4v) is 4.16. The Morgan fingerprint density at radius 2 is 1.82 bits per heavy atom. The predicted molar refractivity (Wildman–Crippen MR) is 129 cm³/mol. The van der Waals surface area contributed by atoms with Crippen LogP contribution in [-0.4, -0.2) is 96.6 Å². The minimum Gasteiger partial charge on any atom is -0.489 e. The van der Waals surface area contributed by atoms with E-state index in [1.165, 1.54) is 0 Å². The third-order valence-electron chi connectivity index (χ3n) is 6.18. The van der Waals surface area contributed by atoms with Crippen LogP contribution in [0.4, 0.5) is 11.5 Å². The number of ether oxygens (including phenoxy) is 2. The van der Waals surface area contributed by atoms with Crippen LogP contribution in [0, 0.1) is 0 Å². The number of amides is 2. The molecule has 182 valence electrons. The number of pyridine rings is 1. The van der Waals surface area contributed by atoms with E-state index in [-0.39, 0.29) is 18.4 Å². The fourth-order valence-electron chi connectivity index (χ4n) is 4.16. The van der Waals surface area contributed by atoms with Crippen LogP contribution in [-0.2, 0) is 9.53 Å². The number of hydrogen-bond acceptors (Lipinski definition) is 7. The lowest BCUT2D eigenvalue weighted by Gasteiger charge is -2.37. The summed E-state index contributed by atoms with van der Waals surface area (Å²) >= 11 is 0. The Morgan fingerprint density at radius 1 is 1.03 bits per heavy atom. The van der Waals surface area contributed by atoms with E-state index in [1.807, 2.05) is 29.2 Å². The van der Waals surface area contributed by atoms with E-state index in [2.05, 4.69) is 29.0 Å². The smallest absolute Gasteiger partial charge is 0.258 e. The minimum atomic E-state index is -0.258. The summed E-state index contributed by atoms with van der Waals surface area (Å²) in [5.41, 5.74) is 1.11. The molecule has 2 aliphatic rings. The standard InChI is InChI=1S/C25H33N5O4/c1-19(2)28-10-12-29(13-11-28)23(31)18-30-14-15-33-16-17-34-22-8-4-3-7-21(22)27-24-20(25(30)32)6-5-9-26-24/h3-9,19H,10-18H2,1-2H3,(H,26,27). The van der Waals surface area contributed by atoms with Gasteiger partial charge < -0.3 is 24.6 Å². The molecular formula is C25H33N5O4. The maximum Gasteiger partial charge on any atom is 0.258 e. The summed E-state index contributed by atoms with van der Waals surface area (Å²) in [6, 6.07) is 11.4. The van der Waals surface area contributed by atoms with E-state index < -0.39 is 0 Å². The van der Waals surface area contributed by atoms with Gasteiger partial charge in [0, 0.05) is 45.0 Å². The number of carbonyl (C=O) groups is 2. The number of fused-ring (bicyclic) bond motifs is 2. The summed E-state index contributed by atoms with van der Waals surface area (Å²) in [6.07, 6.45) is 1.63. The van der Waals surface area contributed by atoms with E-state index in [0.29, 0.717) is 68.3 Å². The molecule has 1 saturated heterocycles. The number of nitrogens with zero attached hydrogens (tertiary/aromatic N) is 4. The lowest BCUT2D eigenvalue weighted by Crippen LogP contribution is -2.53. The van der Waals surface area contributed by atoms with Crippen molar-refractivity contribution in [3.8, 4) is 5.75 Å². The second-order valence-electron chi connectivity index (χ2n) is 8.72. The molecule has 2 amide bonds. The van der Waals surface area contributed by atoms with Gasteiger partial charge in [-0.1, -0.05) is 12.1 Å². The lowest BCUT2D eigenvalue weighted by molar-refractivity contribution is -0.134. The van der Waals surface area contributed by atoms with Crippen LogP contribution in [0.25, 0.3) is 0 Å². The number of rotatable bonds is 3. The van der Waals surface area contributed by atoms with Crippen LogP contribution in [0.15, 0.2) is 42.6 Å². The number of para-hydroxylation sites is 2. The van der Waals surface area contributed by atoms with Crippen LogP contribution in [0.2, 0.25) is 0 Å². The molecule has 0 bridgehead atoms. The normalized spacial score (nSPS) is 18.0. The van der Waals surface area contributed by atoms with Crippen molar-refractivity contribution in [1.82, 2.24) is 19.7 Å². The summed E-state index contributed by atoms with van der Waals surface area (Å²) in [5, 5.41) is 3.24. The molecule has 1 aromatic carbocycles. The highest BCUT2D eigenvalue weighted by Crippen LogP contribution is 2.28. The summed E-state index contributed by atoms with van der Waals surface area (Å²) in [5.74, 6) is 0.771. The molecule has 34 heavy (non-hydrogen) atoms. The van der Waals surface area contributed by atoms with Gasteiger partial charge in [-0.3, -0.25) is 14.5 Å². The van der Waals surface area contributed by atoms with Crippen molar-refractivity contribution in [2.75, 3.05) is 64.4 Å². The third kappa shape index (κ3) is 5.84. The van der Waals surface area contributed by atoms with Gasteiger partial charge in [-0.2, -0.15) is 0 Å². The molecule has 2 aromatic rings. The van der Waals surface area contributed by atoms with E-state index >= 15 is 0 Å². The molecule has 0 aliphatic carbocycles. The van der Waals surface area contributed by atoms with Gasteiger partial charge >= 0.3 is 0 Å². The molecule has 1 aromatic heterocycles. The number of aromatic nitrogens is 1. The Balaban J connectivity index is 1.53. The quantitative estimate of drug-likeness (QED) is 0.741. The maximum absolute atomic E-state index is 13.6. The highest BCUT2D eigenvalue weighted by molar-refractivity contribution is 6.01. The Hall–Kier alpha value is -3.17. The molecule has 0 spiro atoms. The number of piperazine rings is 1. The largest absolute Gasteiger partial charge is 0.489 e. The van der Waals surface area contributed by atoms with E-state index in [9.17, 15) is 9.59 Å². The molecule has 3 heterocycles. The second-order valence-corrected chi connectivity index (χ2v) is 8.72. The molecule has 9 heteroatoms. The van der Waals surface area contributed by atoms with E-state index in [1.54, 1.807) is 23.2 Å². The molecule has 0 atom stereocenters. The average Bonchev–Trinajstić information content (AvgIpc) is 2.86. The fraction of sp³-hybridized carbons (Fsp3) is 0.480. The van der Waals surface area contributed by atoms with Gasteiger partial charge in [0.05, 0.1) is 24.5 Å². The average molecular weight is 468 g/mol. The number of anilines is 2. The van der Waals surface area contributed by atoms with Gasteiger partial charge in [-0.25, -0.2) is 4.98 Å². The maximum atomic E-state index is 13.6. The van der Waals surface area contributed by atoms with Gasteiger partial charge in [-0.15, -0.1) is 0 Å². The number of hydrogen-bond donors (Lipinski definition) is 1. The molecule has 4 rings (SSSR count). The summed E-state index contributed by atoms with van der Waals surface area (Å²) in [7, 11) is 0.